The van der Waals surface area contributed by atoms with E-state index < -0.39 is 0 Å². The quantitative estimate of drug-likeness (QED) is 0.742. The molecule has 2 nitrogen and oxygen atoms in total. The van der Waals surface area contributed by atoms with E-state index in [0.29, 0.717) is 22.9 Å². The third-order valence-electron chi connectivity index (χ3n) is 3.62. The molecule has 0 radical (unpaired) electrons. The Morgan fingerprint density at radius 3 is 2.82 bits per heavy atom. The van der Waals surface area contributed by atoms with Gasteiger partial charge in [-0.25, -0.2) is 9.37 Å². The Balaban J connectivity index is 2.21. The standard InChI is InChI=1S/C13H14ClFN2/c1-13(2)6-11(13)17-10-4-3-8(15)5-9(10)16-12(17)7-14/h3-5,11H,6-7H2,1-2H3. The molecule has 2 aromatic rings. The highest BCUT2D eigenvalue weighted by atomic mass is 35.5. The lowest BCUT2D eigenvalue weighted by atomic mass is 10.2. The Morgan fingerprint density at radius 1 is 1.53 bits per heavy atom. The number of imidazole rings is 1. The molecule has 1 aromatic carbocycles. The van der Waals surface area contributed by atoms with Crippen LogP contribution in [-0.4, -0.2) is 9.55 Å². The number of halogens is 2. The Kier molecular flexibility index (Phi) is 2.24. The number of benzene rings is 1. The molecule has 1 aliphatic carbocycles. The Hall–Kier alpha value is -1.09. The van der Waals surface area contributed by atoms with Crippen molar-refractivity contribution in [2.24, 2.45) is 5.41 Å². The van der Waals surface area contributed by atoms with Gasteiger partial charge in [-0.3, -0.25) is 0 Å². The van der Waals surface area contributed by atoms with Crippen molar-refractivity contribution in [3.05, 3.63) is 29.8 Å². The fourth-order valence-electron chi connectivity index (χ4n) is 2.44. The Labute approximate surface area is 104 Å². The maximum Gasteiger partial charge on any atom is 0.125 e. The molecule has 1 heterocycles. The molecule has 0 bridgehead atoms. The smallest absolute Gasteiger partial charge is 0.125 e. The van der Waals surface area contributed by atoms with E-state index in [-0.39, 0.29) is 5.82 Å². The molecule has 0 aliphatic heterocycles. The molecule has 1 unspecified atom stereocenters. The van der Waals surface area contributed by atoms with Gasteiger partial charge in [-0.05, 0) is 24.0 Å². The fraction of sp³-hybridized carbons (Fsp3) is 0.462. The number of rotatable bonds is 2. The summed E-state index contributed by atoms with van der Waals surface area (Å²) in [6.45, 7) is 4.45. The summed E-state index contributed by atoms with van der Waals surface area (Å²) in [5.74, 6) is 0.948. The average molecular weight is 253 g/mol. The van der Waals surface area contributed by atoms with Crippen molar-refractivity contribution in [2.75, 3.05) is 0 Å². The van der Waals surface area contributed by atoms with Gasteiger partial charge in [-0.15, -0.1) is 11.6 Å². The van der Waals surface area contributed by atoms with E-state index in [1.165, 1.54) is 12.1 Å². The zero-order chi connectivity index (χ0) is 12.2. The number of alkyl halides is 1. The first-order valence-corrected chi connectivity index (χ1v) is 6.29. The second-order valence-electron chi connectivity index (χ2n) is 5.37. The van der Waals surface area contributed by atoms with Crippen molar-refractivity contribution in [3.8, 4) is 0 Å². The van der Waals surface area contributed by atoms with E-state index in [1.54, 1.807) is 6.07 Å². The van der Waals surface area contributed by atoms with E-state index in [9.17, 15) is 4.39 Å². The minimum atomic E-state index is -0.252. The van der Waals surface area contributed by atoms with Gasteiger partial charge in [-0.2, -0.15) is 0 Å². The van der Waals surface area contributed by atoms with Crippen molar-refractivity contribution in [2.45, 2.75) is 32.2 Å². The summed E-state index contributed by atoms with van der Waals surface area (Å²) >= 11 is 5.93. The normalized spacial score (nSPS) is 22.0. The van der Waals surface area contributed by atoms with Crippen molar-refractivity contribution < 1.29 is 4.39 Å². The molecule has 1 aromatic heterocycles. The number of nitrogens with zero attached hydrogens (tertiary/aromatic N) is 2. The van der Waals surface area contributed by atoms with Crippen molar-refractivity contribution in [3.63, 3.8) is 0 Å². The van der Waals surface area contributed by atoms with Crippen molar-refractivity contribution in [1.82, 2.24) is 9.55 Å². The predicted molar refractivity (Wildman–Crippen MR) is 66.7 cm³/mol. The highest BCUT2D eigenvalue weighted by Crippen LogP contribution is 2.56. The number of hydrogen-bond acceptors (Lipinski definition) is 1. The average Bonchev–Trinajstić information content (AvgIpc) is 2.74. The third-order valence-corrected chi connectivity index (χ3v) is 3.86. The second-order valence-corrected chi connectivity index (χ2v) is 5.64. The minimum absolute atomic E-state index is 0.252. The largest absolute Gasteiger partial charge is 0.323 e. The van der Waals surface area contributed by atoms with E-state index in [0.717, 1.165) is 17.8 Å². The van der Waals surface area contributed by atoms with Crippen LogP contribution in [0.3, 0.4) is 0 Å². The highest BCUT2D eigenvalue weighted by Gasteiger charge is 2.48. The topological polar surface area (TPSA) is 17.8 Å². The van der Waals surface area contributed by atoms with E-state index in [1.807, 2.05) is 0 Å². The summed E-state index contributed by atoms with van der Waals surface area (Å²) in [7, 11) is 0. The monoisotopic (exact) mass is 252 g/mol. The van der Waals surface area contributed by atoms with Gasteiger partial charge >= 0.3 is 0 Å². The summed E-state index contributed by atoms with van der Waals surface area (Å²) in [6.07, 6.45) is 1.12. The summed E-state index contributed by atoms with van der Waals surface area (Å²) < 4.78 is 15.3. The molecule has 1 saturated carbocycles. The van der Waals surface area contributed by atoms with Gasteiger partial charge in [0, 0.05) is 12.1 Å². The van der Waals surface area contributed by atoms with E-state index in [2.05, 4.69) is 23.4 Å². The van der Waals surface area contributed by atoms with E-state index in [4.69, 9.17) is 11.6 Å². The van der Waals surface area contributed by atoms with Crippen LogP contribution >= 0.6 is 11.6 Å². The molecule has 1 atom stereocenters. The van der Waals surface area contributed by atoms with Crippen LogP contribution in [0.1, 0.15) is 32.1 Å². The molecule has 17 heavy (non-hydrogen) atoms. The zero-order valence-electron chi connectivity index (χ0n) is 9.87. The van der Waals surface area contributed by atoms with Crippen LogP contribution in [-0.2, 0) is 5.88 Å². The first-order chi connectivity index (χ1) is 8.03. The van der Waals surface area contributed by atoms with Gasteiger partial charge in [0.15, 0.2) is 0 Å². The van der Waals surface area contributed by atoms with Gasteiger partial charge in [0.25, 0.3) is 0 Å². The molecule has 0 spiro atoms. The van der Waals surface area contributed by atoms with Gasteiger partial charge in [0.2, 0.25) is 0 Å². The lowest BCUT2D eigenvalue weighted by Gasteiger charge is -2.09. The lowest BCUT2D eigenvalue weighted by molar-refractivity contribution is 0.540. The van der Waals surface area contributed by atoms with Crippen LogP contribution in [0, 0.1) is 11.2 Å². The highest BCUT2D eigenvalue weighted by molar-refractivity contribution is 6.16. The molecule has 1 aliphatic rings. The minimum Gasteiger partial charge on any atom is -0.323 e. The van der Waals surface area contributed by atoms with Crippen LogP contribution in [0.4, 0.5) is 4.39 Å². The van der Waals surface area contributed by atoms with Gasteiger partial charge in [-0.1, -0.05) is 13.8 Å². The predicted octanol–water partition coefficient (Wildman–Crippen LogP) is 3.89. The Morgan fingerprint density at radius 2 is 2.24 bits per heavy atom. The third kappa shape index (κ3) is 1.64. The molecule has 4 heteroatoms. The Bertz CT molecular complexity index is 588. The molecule has 0 saturated heterocycles. The maximum absolute atomic E-state index is 13.2. The van der Waals surface area contributed by atoms with Crippen molar-refractivity contribution in [1.29, 1.82) is 0 Å². The summed E-state index contributed by atoms with van der Waals surface area (Å²) in [5, 5.41) is 0. The van der Waals surface area contributed by atoms with Crippen molar-refractivity contribution >= 4 is 22.6 Å². The SMILES string of the molecule is CC1(C)CC1n1c(CCl)nc2cc(F)ccc21. The molecular weight excluding hydrogens is 239 g/mol. The summed E-state index contributed by atoms with van der Waals surface area (Å²) in [5.41, 5.74) is 1.98. The zero-order valence-corrected chi connectivity index (χ0v) is 10.6. The number of aromatic nitrogens is 2. The molecular formula is C13H14ClFN2. The first kappa shape index (κ1) is 11.0. The van der Waals surface area contributed by atoms with Gasteiger partial charge in [0.05, 0.1) is 16.9 Å². The molecule has 0 amide bonds. The molecule has 3 rings (SSSR count). The molecule has 0 N–H and O–H groups in total. The summed E-state index contributed by atoms with van der Waals surface area (Å²) in [4.78, 5) is 4.41. The van der Waals surface area contributed by atoms with Gasteiger partial charge in [0.1, 0.15) is 11.6 Å². The van der Waals surface area contributed by atoms with Crippen LogP contribution < -0.4 is 0 Å². The van der Waals surface area contributed by atoms with Crippen LogP contribution in [0.2, 0.25) is 0 Å². The number of fused-ring (bicyclic) bond motifs is 1. The van der Waals surface area contributed by atoms with Crippen LogP contribution in [0.15, 0.2) is 18.2 Å². The van der Waals surface area contributed by atoms with Gasteiger partial charge < -0.3 is 4.57 Å². The van der Waals surface area contributed by atoms with Crippen LogP contribution in [0.25, 0.3) is 11.0 Å². The van der Waals surface area contributed by atoms with Crippen LogP contribution in [0.5, 0.6) is 0 Å². The first-order valence-electron chi connectivity index (χ1n) is 5.75. The van der Waals surface area contributed by atoms with E-state index >= 15 is 0 Å². The molecule has 90 valence electrons. The maximum atomic E-state index is 13.2. The summed E-state index contributed by atoms with van der Waals surface area (Å²) in [6, 6.07) is 5.18. The lowest BCUT2D eigenvalue weighted by Crippen LogP contribution is -2.04. The molecule has 1 fully saturated rings. The second kappa shape index (κ2) is 3.45. The number of hydrogen-bond donors (Lipinski definition) is 0. The fourth-order valence-corrected chi connectivity index (χ4v) is 2.63.